The molecule has 2 aliphatic rings. The zero-order chi connectivity index (χ0) is 15.4. The quantitative estimate of drug-likeness (QED) is 0.564. The third-order valence-electron chi connectivity index (χ3n) is 6.41. The van der Waals surface area contributed by atoms with Gasteiger partial charge in [-0.25, -0.2) is 0 Å². The molecular formula is C22H34. The van der Waals surface area contributed by atoms with Crippen LogP contribution in [0.4, 0.5) is 0 Å². The van der Waals surface area contributed by atoms with E-state index in [2.05, 4.69) is 38.1 Å². The van der Waals surface area contributed by atoms with Crippen molar-refractivity contribution in [3.8, 4) is 0 Å². The lowest BCUT2D eigenvalue weighted by atomic mass is 9.63. The van der Waals surface area contributed by atoms with Gasteiger partial charge in [-0.05, 0) is 73.3 Å². The van der Waals surface area contributed by atoms with Crippen LogP contribution in [0.25, 0.3) is 0 Å². The maximum atomic E-state index is 2.43. The SMILES string of the molecule is CCCc1ccc([C@@H]2CC[C@H]3C[C@@H](CCC)CC[C@@H]3C2)cc1. The van der Waals surface area contributed by atoms with Crippen LogP contribution < -0.4 is 0 Å². The van der Waals surface area contributed by atoms with Crippen molar-refractivity contribution >= 4 is 0 Å². The van der Waals surface area contributed by atoms with Gasteiger partial charge in [-0.3, -0.25) is 0 Å². The standard InChI is InChI=1S/C22H34/c1-3-5-17-7-10-19(11-8-17)21-14-13-20-15-18(6-4-2)9-12-22(20)16-21/h7-8,10-11,18,20-22H,3-6,9,12-16H2,1-2H3/t18-,20-,21+,22+/m0/s1. The second-order valence-electron chi connectivity index (χ2n) is 7.99. The van der Waals surface area contributed by atoms with Gasteiger partial charge in [0.25, 0.3) is 0 Å². The fourth-order valence-electron chi connectivity index (χ4n) is 5.20. The fourth-order valence-corrected chi connectivity index (χ4v) is 5.20. The average molecular weight is 299 g/mol. The molecule has 0 heterocycles. The van der Waals surface area contributed by atoms with Crippen LogP contribution in [-0.4, -0.2) is 0 Å². The highest BCUT2D eigenvalue weighted by Gasteiger charge is 2.35. The molecule has 22 heavy (non-hydrogen) atoms. The van der Waals surface area contributed by atoms with Crippen molar-refractivity contribution in [3.05, 3.63) is 35.4 Å². The van der Waals surface area contributed by atoms with Crippen LogP contribution in [0.15, 0.2) is 24.3 Å². The van der Waals surface area contributed by atoms with Crippen LogP contribution >= 0.6 is 0 Å². The number of hydrogen-bond acceptors (Lipinski definition) is 0. The highest BCUT2D eigenvalue weighted by Crippen LogP contribution is 2.48. The van der Waals surface area contributed by atoms with E-state index in [1.54, 1.807) is 12.0 Å². The molecule has 0 radical (unpaired) electrons. The molecule has 0 spiro atoms. The van der Waals surface area contributed by atoms with Crippen molar-refractivity contribution in [3.63, 3.8) is 0 Å². The van der Waals surface area contributed by atoms with Gasteiger partial charge in [-0.15, -0.1) is 0 Å². The molecule has 4 atom stereocenters. The first kappa shape index (κ1) is 16.1. The van der Waals surface area contributed by atoms with Crippen LogP contribution in [0, 0.1) is 17.8 Å². The lowest BCUT2D eigenvalue weighted by Crippen LogP contribution is -2.30. The molecule has 2 fully saturated rings. The van der Waals surface area contributed by atoms with Gasteiger partial charge >= 0.3 is 0 Å². The van der Waals surface area contributed by atoms with E-state index in [0.29, 0.717) is 0 Å². The molecule has 1 aromatic carbocycles. The van der Waals surface area contributed by atoms with Gasteiger partial charge in [-0.1, -0.05) is 63.8 Å². The number of benzene rings is 1. The third kappa shape index (κ3) is 3.76. The Morgan fingerprint density at radius 1 is 0.818 bits per heavy atom. The first-order valence-electron chi connectivity index (χ1n) is 9.89. The Kier molecular flexibility index (Phi) is 5.61. The van der Waals surface area contributed by atoms with Crippen molar-refractivity contribution in [2.24, 2.45) is 17.8 Å². The molecule has 2 saturated carbocycles. The summed E-state index contributed by atoms with van der Waals surface area (Å²) in [6.45, 7) is 4.62. The molecule has 0 N–H and O–H groups in total. The van der Waals surface area contributed by atoms with Gasteiger partial charge in [0.1, 0.15) is 0 Å². The smallest absolute Gasteiger partial charge is 0.0159 e. The Morgan fingerprint density at radius 3 is 2.27 bits per heavy atom. The monoisotopic (exact) mass is 298 g/mol. The summed E-state index contributed by atoms with van der Waals surface area (Å²) < 4.78 is 0. The van der Waals surface area contributed by atoms with E-state index in [-0.39, 0.29) is 0 Å². The third-order valence-corrected chi connectivity index (χ3v) is 6.41. The second-order valence-corrected chi connectivity index (χ2v) is 7.99. The number of aryl methyl sites for hydroxylation is 1. The Morgan fingerprint density at radius 2 is 1.55 bits per heavy atom. The summed E-state index contributed by atoms with van der Waals surface area (Å²) in [6, 6.07) is 9.61. The van der Waals surface area contributed by atoms with Crippen molar-refractivity contribution < 1.29 is 0 Å². The minimum atomic E-state index is 0.847. The molecule has 122 valence electrons. The van der Waals surface area contributed by atoms with Crippen molar-refractivity contribution in [1.29, 1.82) is 0 Å². The van der Waals surface area contributed by atoms with Crippen LogP contribution in [0.2, 0.25) is 0 Å². The summed E-state index contributed by atoms with van der Waals surface area (Å²) >= 11 is 0. The summed E-state index contributed by atoms with van der Waals surface area (Å²) in [4.78, 5) is 0. The zero-order valence-electron chi connectivity index (χ0n) is 14.7. The molecule has 0 saturated heterocycles. The van der Waals surface area contributed by atoms with E-state index in [1.807, 2.05) is 0 Å². The Hall–Kier alpha value is -0.780. The molecule has 3 rings (SSSR count). The van der Waals surface area contributed by atoms with Gasteiger partial charge in [0.15, 0.2) is 0 Å². The first-order valence-corrected chi connectivity index (χ1v) is 9.89. The maximum Gasteiger partial charge on any atom is -0.0159 e. The van der Waals surface area contributed by atoms with Gasteiger partial charge in [0, 0.05) is 0 Å². The van der Waals surface area contributed by atoms with E-state index in [9.17, 15) is 0 Å². The largest absolute Gasteiger partial charge is 0.0654 e. The van der Waals surface area contributed by atoms with Crippen LogP contribution in [0.1, 0.15) is 88.7 Å². The lowest BCUT2D eigenvalue weighted by molar-refractivity contribution is 0.114. The number of hydrogen-bond donors (Lipinski definition) is 0. The molecule has 0 amide bonds. The van der Waals surface area contributed by atoms with Crippen LogP contribution in [0.3, 0.4) is 0 Å². The van der Waals surface area contributed by atoms with Crippen molar-refractivity contribution in [1.82, 2.24) is 0 Å². The summed E-state index contributed by atoms with van der Waals surface area (Å²) in [5.41, 5.74) is 3.13. The van der Waals surface area contributed by atoms with Crippen LogP contribution in [0.5, 0.6) is 0 Å². The lowest BCUT2D eigenvalue weighted by Gasteiger charge is -2.42. The minimum absolute atomic E-state index is 0.847. The summed E-state index contributed by atoms with van der Waals surface area (Å²) in [5, 5.41) is 0. The zero-order valence-corrected chi connectivity index (χ0v) is 14.7. The highest BCUT2D eigenvalue weighted by molar-refractivity contribution is 5.26. The minimum Gasteiger partial charge on any atom is -0.0654 e. The summed E-state index contributed by atoms with van der Waals surface area (Å²) in [6.07, 6.45) is 14.3. The Balaban J connectivity index is 1.58. The topological polar surface area (TPSA) is 0 Å². The molecule has 0 heteroatoms. The Bertz CT molecular complexity index is 444. The predicted octanol–water partition coefficient (Wildman–Crippen LogP) is 6.74. The predicted molar refractivity (Wildman–Crippen MR) is 96.3 cm³/mol. The fraction of sp³-hybridized carbons (Fsp3) is 0.727. The van der Waals surface area contributed by atoms with Gasteiger partial charge < -0.3 is 0 Å². The first-order chi connectivity index (χ1) is 10.8. The van der Waals surface area contributed by atoms with Crippen molar-refractivity contribution in [2.75, 3.05) is 0 Å². The Labute approximate surface area is 137 Å². The molecule has 2 aliphatic carbocycles. The van der Waals surface area contributed by atoms with Crippen molar-refractivity contribution in [2.45, 2.75) is 84.0 Å². The van der Waals surface area contributed by atoms with Gasteiger partial charge in [0.2, 0.25) is 0 Å². The number of rotatable bonds is 5. The molecule has 0 aliphatic heterocycles. The molecule has 0 nitrogen and oxygen atoms in total. The summed E-state index contributed by atoms with van der Waals surface area (Å²) in [5.74, 6) is 3.99. The van der Waals surface area contributed by atoms with E-state index >= 15 is 0 Å². The molecular weight excluding hydrogens is 264 g/mol. The molecule has 1 aromatic rings. The number of fused-ring (bicyclic) bond motifs is 1. The normalized spacial score (nSPS) is 31.7. The molecule has 0 aromatic heterocycles. The second kappa shape index (κ2) is 7.66. The van der Waals surface area contributed by atoms with Gasteiger partial charge in [-0.2, -0.15) is 0 Å². The van der Waals surface area contributed by atoms with Crippen LogP contribution in [-0.2, 0) is 6.42 Å². The van der Waals surface area contributed by atoms with E-state index in [4.69, 9.17) is 0 Å². The average Bonchev–Trinajstić information content (AvgIpc) is 2.56. The molecule has 0 bridgehead atoms. The van der Waals surface area contributed by atoms with E-state index < -0.39 is 0 Å². The molecule has 0 unspecified atom stereocenters. The van der Waals surface area contributed by atoms with Gasteiger partial charge in [0.05, 0.1) is 0 Å². The van der Waals surface area contributed by atoms with E-state index in [1.165, 1.54) is 63.4 Å². The highest BCUT2D eigenvalue weighted by atomic mass is 14.4. The summed E-state index contributed by atoms with van der Waals surface area (Å²) in [7, 11) is 0. The van der Waals surface area contributed by atoms with E-state index in [0.717, 1.165) is 23.7 Å². The maximum absolute atomic E-state index is 2.43.